The fraction of sp³-hybridized carbons (Fsp3) is 0.200. The second kappa shape index (κ2) is 7.57. The molecule has 0 aliphatic carbocycles. The first-order valence-electron chi connectivity index (χ1n) is 8.12. The number of rotatable bonds is 5. The van der Waals surface area contributed by atoms with E-state index in [1.807, 2.05) is 48.2 Å². The van der Waals surface area contributed by atoms with Gasteiger partial charge in [-0.15, -0.1) is 11.8 Å². The molecule has 0 bridgehead atoms. The van der Waals surface area contributed by atoms with Crippen molar-refractivity contribution >= 4 is 17.7 Å². The maximum Gasteiger partial charge on any atom is 0.359 e. The third-order valence-electron chi connectivity index (χ3n) is 3.96. The lowest BCUT2D eigenvalue weighted by Gasteiger charge is -2.09. The van der Waals surface area contributed by atoms with Crippen molar-refractivity contribution in [3.05, 3.63) is 65.9 Å². The molecule has 4 nitrogen and oxygen atoms in total. The normalized spacial score (nSPS) is 10.7. The summed E-state index contributed by atoms with van der Waals surface area (Å²) in [6, 6.07) is 18.1. The van der Waals surface area contributed by atoms with Crippen LogP contribution in [-0.2, 0) is 4.74 Å². The minimum atomic E-state index is -0.392. The average Bonchev–Trinajstić information content (AvgIpc) is 3.00. The third kappa shape index (κ3) is 3.46. The van der Waals surface area contributed by atoms with Crippen LogP contribution in [0.2, 0.25) is 0 Å². The van der Waals surface area contributed by atoms with Gasteiger partial charge in [0.15, 0.2) is 5.69 Å². The van der Waals surface area contributed by atoms with Crippen molar-refractivity contribution in [2.45, 2.75) is 18.7 Å². The summed E-state index contributed by atoms with van der Waals surface area (Å²) in [6.45, 7) is 4.04. The van der Waals surface area contributed by atoms with Crippen molar-refractivity contribution in [3.8, 4) is 16.9 Å². The lowest BCUT2D eigenvalue weighted by molar-refractivity contribution is 0.0518. The first-order chi connectivity index (χ1) is 12.2. The summed E-state index contributed by atoms with van der Waals surface area (Å²) in [6.07, 6.45) is 2.05. The monoisotopic (exact) mass is 352 g/mol. The Labute approximate surface area is 151 Å². The zero-order valence-electron chi connectivity index (χ0n) is 14.5. The zero-order chi connectivity index (χ0) is 17.8. The predicted molar refractivity (Wildman–Crippen MR) is 101 cm³/mol. The van der Waals surface area contributed by atoms with Gasteiger partial charge in [-0.1, -0.05) is 30.3 Å². The van der Waals surface area contributed by atoms with Crippen LogP contribution >= 0.6 is 11.8 Å². The number of hydrogen-bond donors (Lipinski definition) is 0. The quantitative estimate of drug-likeness (QED) is 0.491. The second-order valence-electron chi connectivity index (χ2n) is 5.52. The Balaban J connectivity index is 2.18. The minimum Gasteiger partial charge on any atom is -0.461 e. The van der Waals surface area contributed by atoms with Gasteiger partial charge in [0.2, 0.25) is 0 Å². The molecule has 128 valence electrons. The van der Waals surface area contributed by atoms with Gasteiger partial charge in [-0.3, -0.25) is 0 Å². The molecule has 0 aliphatic rings. The highest BCUT2D eigenvalue weighted by Gasteiger charge is 2.22. The van der Waals surface area contributed by atoms with E-state index in [-0.39, 0.29) is 0 Å². The van der Waals surface area contributed by atoms with Gasteiger partial charge in [-0.25, -0.2) is 9.48 Å². The maximum absolute atomic E-state index is 12.3. The molecule has 0 radical (unpaired) electrons. The Hall–Kier alpha value is -2.53. The molecule has 0 spiro atoms. The Morgan fingerprint density at radius 2 is 1.80 bits per heavy atom. The van der Waals surface area contributed by atoms with Crippen LogP contribution in [0.15, 0.2) is 59.5 Å². The van der Waals surface area contributed by atoms with Gasteiger partial charge in [0.25, 0.3) is 0 Å². The number of aromatic nitrogens is 2. The van der Waals surface area contributed by atoms with Crippen molar-refractivity contribution in [1.29, 1.82) is 0 Å². The summed E-state index contributed by atoms with van der Waals surface area (Å²) >= 11 is 1.70. The molecule has 3 aromatic rings. The van der Waals surface area contributed by atoms with E-state index in [0.717, 1.165) is 22.5 Å². The Morgan fingerprint density at radius 1 is 1.12 bits per heavy atom. The van der Waals surface area contributed by atoms with Crippen LogP contribution in [0, 0.1) is 6.92 Å². The zero-order valence-corrected chi connectivity index (χ0v) is 15.3. The van der Waals surface area contributed by atoms with Gasteiger partial charge in [-0.05, 0) is 44.4 Å². The van der Waals surface area contributed by atoms with E-state index in [4.69, 9.17) is 4.74 Å². The number of para-hydroxylation sites is 1. The number of carbonyl (C=O) groups is 1. The third-order valence-corrected chi connectivity index (χ3v) is 4.70. The minimum absolute atomic E-state index is 0.328. The molecule has 0 aliphatic heterocycles. The fourth-order valence-electron chi connectivity index (χ4n) is 2.73. The van der Waals surface area contributed by atoms with E-state index in [0.29, 0.717) is 12.3 Å². The van der Waals surface area contributed by atoms with Gasteiger partial charge in [0.1, 0.15) is 0 Å². The number of esters is 1. The van der Waals surface area contributed by atoms with Crippen LogP contribution in [-0.4, -0.2) is 28.6 Å². The van der Waals surface area contributed by atoms with E-state index in [1.54, 1.807) is 18.7 Å². The Kier molecular flexibility index (Phi) is 5.24. The Morgan fingerprint density at radius 3 is 2.40 bits per heavy atom. The van der Waals surface area contributed by atoms with Crippen LogP contribution in [0.1, 0.15) is 23.0 Å². The van der Waals surface area contributed by atoms with Gasteiger partial charge in [0, 0.05) is 16.0 Å². The molecule has 0 amide bonds. The van der Waals surface area contributed by atoms with Crippen LogP contribution in [0.25, 0.3) is 16.9 Å². The molecule has 25 heavy (non-hydrogen) atoms. The number of benzene rings is 2. The molecule has 1 aromatic heterocycles. The van der Waals surface area contributed by atoms with Crippen molar-refractivity contribution in [1.82, 2.24) is 9.78 Å². The molecule has 0 saturated heterocycles. The predicted octanol–water partition coefficient (Wildman–Crippen LogP) is 4.75. The number of hydrogen-bond acceptors (Lipinski definition) is 4. The van der Waals surface area contributed by atoms with Gasteiger partial charge in [-0.2, -0.15) is 5.10 Å². The number of thioether (sulfide) groups is 1. The average molecular weight is 352 g/mol. The maximum atomic E-state index is 12.3. The SMILES string of the molecule is CCOC(=O)c1nn(-c2ccccc2)c(-c2ccc(SC)cc2)c1C. The molecular weight excluding hydrogens is 332 g/mol. The molecule has 0 atom stereocenters. The second-order valence-corrected chi connectivity index (χ2v) is 6.40. The highest BCUT2D eigenvalue weighted by Crippen LogP contribution is 2.30. The standard InChI is InChI=1S/C20H20N2O2S/c1-4-24-20(23)18-14(2)19(15-10-12-17(25-3)13-11-15)22(21-18)16-8-6-5-7-9-16/h5-13H,4H2,1-3H3. The molecule has 5 heteroatoms. The first-order valence-corrected chi connectivity index (χ1v) is 9.34. The molecule has 2 aromatic carbocycles. The number of ether oxygens (including phenoxy) is 1. The van der Waals surface area contributed by atoms with Crippen molar-refractivity contribution in [3.63, 3.8) is 0 Å². The molecule has 0 saturated carbocycles. The summed E-state index contributed by atoms with van der Waals surface area (Å²) in [7, 11) is 0. The van der Waals surface area contributed by atoms with Gasteiger partial charge < -0.3 is 4.74 Å². The molecule has 0 unspecified atom stereocenters. The van der Waals surface area contributed by atoms with Crippen LogP contribution < -0.4 is 0 Å². The Bertz CT molecular complexity index is 871. The van der Waals surface area contributed by atoms with Crippen molar-refractivity contribution < 1.29 is 9.53 Å². The highest BCUT2D eigenvalue weighted by atomic mass is 32.2. The molecular formula is C20H20N2O2S. The molecule has 0 N–H and O–H groups in total. The number of carbonyl (C=O) groups excluding carboxylic acids is 1. The topological polar surface area (TPSA) is 44.1 Å². The van der Waals surface area contributed by atoms with E-state index in [9.17, 15) is 4.79 Å². The van der Waals surface area contributed by atoms with E-state index in [2.05, 4.69) is 29.4 Å². The van der Waals surface area contributed by atoms with E-state index < -0.39 is 5.97 Å². The van der Waals surface area contributed by atoms with Crippen LogP contribution in [0.3, 0.4) is 0 Å². The van der Waals surface area contributed by atoms with Crippen molar-refractivity contribution in [2.75, 3.05) is 12.9 Å². The number of nitrogens with zero attached hydrogens (tertiary/aromatic N) is 2. The van der Waals surface area contributed by atoms with Crippen LogP contribution in [0.5, 0.6) is 0 Å². The van der Waals surface area contributed by atoms with Crippen LogP contribution in [0.4, 0.5) is 0 Å². The summed E-state index contributed by atoms with van der Waals surface area (Å²) in [5.74, 6) is -0.392. The van der Waals surface area contributed by atoms with E-state index >= 15 is 0 Å². The summed E-state index contributed by atoms with van der Waals surface area (Å²) in [5, 5.41) is 4.55. The first kappa shape index (κ1) is 17.3. The fourth-order valence-corrected chi connectivity index (χ4v) is 3.14. The smallest absolute Gasteiger partial charge is 0.359 e. The summed E-state index contributed by atoms with van der Waals surface area (Å²) in [5.41, 5.74) is 4.00. The molecule has 1 heterocycles. The lowest BCUT2D eigenvalue weighted by atomic mass is 10.1. The highest BCUT2D eigenvalue weighted by molar-refractivity contribution is 7.98. The molecule has 3 rings (SSSR count). The van der Waals surface area contributed by atoms with Gasteiger partial charge in [0.05, 0.1) is 18.0 Å². The largest absolute Gasteiger partial charge is 0.461 e. The van der Waals surface area contributed by atoms with E-state index in [1.165, 1.54) is 4.90 Å². The summed E-state index contributed by atoms with van der Waals surface area (Å²) in [4.78, 5) is 13.5. The lowest BCUT2D eigenvalue weighted by Crippen LogP contribution is -2.07. The van der Waals surface area contributed by atoms with Crippen molar-refractivity contribution in [2.24, 2.45) is 0 Å². The summed E-state index contributed by atoms with van der Waals surface area (Å²) < 4.78 is 6.98. The molecule has 0 fully saturated rings. The van der Waals surface area contributed by atoms with Gasteiger partial charge >= 0.3 is 5.97 Å².